The predicted molar refractivity (Wildman–Crippen MR) is 80.4 cm³/mol. The zero-order valence-electron chi connectivity index (χ0n) is 11.9. The zero-order chi connectivity index (χ0) is 14.8. The third kappa shape index (κ3) is 3.17. The van der Waals surface area contributed by atoms with Crippen LogP contribution in [0.5, 0.6) is 0 Å². The Morgan fingerprint density at radius 1 is 1.19 bits per heavy atom. The largest absolute Gasteiger partial charge is 0.481 e. The summed E-state index contributed by atoms with van der Waals surface area (Å²) in [5, 5.41) is 15.4. The minimum absolute atomic E-state index is 0.0789. The van der Waals surface area contributed by atoms with E-state index in [0.29, 0.717) is 12.5 Å². The van der Waals surface area contributed by atoms with Crippen molar-refractivity contribution >= 4 is 23.3 Å². The summed E-state index contributed by atoms with van der Waals surface area (Å²) in [5.74, 6) is -0.769. The van der Waals surface area contributed by atoms with Crippen LogP contribution in [-0.2, 0) is 16.0 Å². The lowest BCUT2D eigenvalue weighted by Gasteiger charge is -2.28. The van der Waals surface area contributed by atoms with E-state index in [4.69, 9.17) is 5.11 Å². The van der Waals surface area contributed by atoms with Gasteiger partial charge in [0.2, 0.25) is 5.91 Å². The SMILES string of the molecule is O=C1CCc2cc(NC3CCC(C(=O)O)CC3)ccc2N1. The molecule has 112 valence electrons. The Labute approximate surface area is 123 Å². The number of hydrogen-bond donors (Lipinski definition) is 3. The van der Waals surface area contributed by atoms with Crippen LogP contribution in [-0.4, -0.2) is 23.0 Å². The average Bonchev–Trinajstić information content (AvgIpc) is 2.48. The van der Waals surface area contributed by atoms with Crippen molar-refractivity contribution < 1.29 is 14.7 Å². The van der Waals surface area contributed by atoms with Gasteiger partial charge < -0.3 is 15.7 Å². The van der Waals surface area contributed by atoms with Gasteiger partial charge in [0.15, 0.2) is 0 Å². The van der Waals surface area contributed by atoms with Gasteiger partial charge in [0.1, 0.15) is 0 Å². The van der Waals surface area contributed by atoms with E-state index < -0.39 is 5.97 Å². The molecule has 5 nitrogen and oxygen atoms in total. The van der Waals surface area contributed by atoms with Crippen molar-refractivity contribution in [3.63, 3.8) is 0 Å². The van der Waals surface area contributed by atoms with Crippen molar-refractivity contribution in [1.29, 1.82) is 0 Å². The minimum Gasteiger partial charge on any atom is -0.481 e. The topological polar surface area (TPSA) is 78.4 Å². The zero-order valence-corrected chi connectivity index (χ0v) is 11.9. The molecule has 1 aromatic carbocycles. The summed E-state index contributed by atoms with van der Waals surface area (Å²) >= 11 is 0. The van der Waals surface area contributed by atoms with Crippen molar-refractivity contribution in [2.45, 2.75) is 44.6 Å². The Hall–Kier alpha value is -2.04. The maximum atomic E-state index is 11.3. The number of fused-ring (bicyclic) bond motifs is 1. The molecule has 2 aliphatic rings. The summed E-state index contributed by atoms with van der Waals surface area (Å²) in [6, 6.07) is 6.36. The van der Waals surface area contributed by atoms with Gasteiger partial charge in [0.25, 0.3) is 0 Å². The van der Waals surface area contributed by atoms with Crippen molar-refractivity contribution in [2.75, 3.05) is 10.6 Å². The van der Waals surface area contributed by atoms with E-state index in [0.717, 1.165) is 43.5 Å². The fourth-order valence-electron chi connectivity index (χ4n) is 3.19. The second-order valence-corrected chi connectivity index (χ2v) is 5.95. The van der Waals surface area contributed by atoms with E-state index in [1.54, 1.807) is 0 Å². The quantitative estimate of drug-likeness (QED) is 0.799. The summed E-state index contributed by atoms with van der Waals surface area (Å²) in [6.45, 7) is 0. The first kappa shape index (κ1) is 13.9. The van der Waals surface area contributed by atoms with Crippen LogP contribution in [0.2, 0.25) is 0 Å². The molecule has 1 heterocycles. The van der Waals surface area contributed by atoms with Crippen molar-refractivity contribution in [3.8, 4) is 0 Å². The van der Waals surface area contributed by atoms with Gasteiger partial charge in [-0.05, 0) is 55.9 Å². The van der Waals surface area contributed by atoms with E-state index in [1.807, 2.05) is 12.1 Å². The number of benzene rings is 1. The van der Waals surface area contributed by atoms with E-state index in [1.165, 1.54) is 5.56 Å². The molecule has 0 saturated heterocycles. The third-order valence-corrected chi connectivity index (χ3v) is 4.45. The van der Waals surface area contributed by atoms with Crippen LogP contribution < -0.4 is 10.6 Å². The van der Waals surface area contributed by atoms with Gasteiger partial charge in [-0.1, -0.05) is 0 Å². The average molecular weight is 288 g/mol. The lowest BCUT2D eigenvalue weighted by Crippen LogP contribution is -2.29. The Morgan fingerprint density at radius 2 is 1.95 bits per heavy atom. The summed E-state index contributed by atoms with van der Waals surface area (Å²) in [4.78, 5) is 22.3. The first-order valence-corrected chi connectivity index (χ1v) is 7.54. The Morgan fingerprint density at radius 3 is 2.67 bits per heavy atom. The molecule has 1 saturated carbocycles. The number of carbonyl (C=O) groups is 2. The van der Waals surface area contributed by atoms with Crippen LogP contribution in [0.1, 0.15) is 37.7 Å². The normalized spacial score (nSPS) is 24.9. The van der Waals surface area contributed by atoms with Gasteiger partial charge in [-0.3, -0.25) is 9.59 Å². The summed E-state index contributed by atoms with van der Waals surface area (Å²) in [6.07, 6.45) is 4.60. The van der Waals surface area contributed by atoms with Crippen LogP contribution in [0.4, 0.5) is 11.4 Å². The molecule has 3 N–H and O–H groups in total. The second kappa shape index (κ2) is 5.76. The standard InChI is InChI=1S/C16H20N2O3/c19-15-8-3-11-9-13(6-7-14(11)18-15)17-12-4-1-10(2-5-12)16(20)21/h6-7,9-10,12,17H,1-5,8H2,(H,18,19)(H,20,21). The molecule has 0 unspecified atom stereocenters. The lowest BCUT2D eigenvalue weighted by molar-refractivity contribution is -0.142. The third-order valence-electron chi connectivity index (χ3n) is 4.45. The Bertz CT molecular complexity index is 563. The Balaban J connectivity index is 1.61. The minimum atomic E-state index is -0.669. The number of amides is 1. The fraction of sp³-hybridized carbons (Fsp3) is 0.500. The molecular formula is C16H20N2O3. The monoisotopic (exact) mass is 288 g/mol. The molecule has 0 spiro atoms. The van der Waals surface area contributed by atoms with Gasteiger partial charge in [-0.25, -0.2) is 0 Å². The molecule has 1 amide bonds. The molecule has 5 heteroatoms. The maximum absolute atomic E-state index is 11.3. The highest BCUT2D eigenvalue weighted by atomic mass is 16.4. The van der Waals surface area contributed by atoms with Crippen LogP contribution in [0, 0.1) is 5.92 Å². The maximum Gasteiger partial charge on any atom is 0.306 e. The molecule has 1 aromatic rings. The molecule has 0 aromatic heterocycles. The molecule has 21 heavy (non-hydrogen) atoms. The van der Waals surface area contributed by atoms with Gasteiger partial charge in [0, 0.05) is 23.8 Å². The first-order chi connectivity index (χ1) is 10.1. The molecule has 3 rings (SSSR count). The van der Waals surface area contributed by atoms with E-state index >= 15 is 0 Å². The van der Waals surface area contributed by atoms with Gasteiger partial charge in [-0.15, -0.1) is 0 Å². The number of rotatable bonds is 3. The molecule has 1 aliphatic heterocycles. The van der Waals surface area contributed by atoms with Gasteiger partial charge >= 0.3 is 5.97 Å². The number of carboxylic acid groups (broad SMARTS) is 1. The van der Waals surface area contributed by atoms with E-state index in [9.17, 15) is 9.59 Å². The van der Waals surface area contributed by atoms with Crippen molar-refractivity contribution in [1.82, 2.24) is 0 Å². The number of carbonyl (C=O) groups excluding carboxylic acids is 1. The second-order valence-electron chi connectivity index (χ2n) is 5.95. The fourth-order valence-corrected chi connectivity index (χ4v) is 3.19. The number of hydrogen-bond acceptors (Lipinski definition) is 3. The predicted octanol–water partition coefficient (Wildman–Crippen LogP) is 2.63. The molecule has 1 fully saturated rings. The summed E-state index contributed by atoms with van der Waals surface area (Å²) < 4.78 is 0. The Kier molecular flexibility index (Phi) is 3.82. The lowest BCUT2D eigenvalue weighted by atomic mass is 9.86. The summed E-state index contributed by atoms with van der Waals surface area (Å²) in [5.41, 5.74) is 3.13. The highest BCUT2D eigenvalue weighted by Crippen LogP contribution is 2.29. The summed E-state index contributed by atoms with van der Waals surface area (Å²) in [7, 11) is 0. The van der Waals surface area contributed by atoms with Crippen molar-refractivity contribution in [2.24, 2.45) is 5.92 Å². The van der Waals surface area contributed by atoms with Gasteiger partial charge in [0.05, 0.1) is 5.92 Å². The number of aliphatic carboxylic acids is 1. The number of aryl methyl sites for hydroxylation is 1. The molecule has 1 aliphatic carbocycles. The van der Waals surface area contributed by atoms with Crippen molar-refractivity contribution in [3.05, 3.63) is 23.8 Å². The number of nitrogens with one attached hydrogen (secondary N) is 2. The van der Waals surface area contributed by atoms with Crippen LogP contribution in [0.25, 0.3) is 0 Å². The number of carboxylic acids is 1. The first-order valence-electron chi connectivity index (χ1n) is 7.54. The van der Waals surface area contributed by atoms with Crippen LogP contribution >= 0.6 is 0 Å². The van der Waals surface area contributed by atoms with Crippen LogP contribution in [0.3, 0.4) is 0 Å². The van der Waals surface area contributed by atoms with E-state index in [2.05, 4.69) is 16.7 Å². The molecule has 0 bridgehead atoms. The molecule has 0 radical (unpaired) electrons. The highest BCUT2D eigenvalue weighted by molar-refractivity contribution is 5.94. The smallest absolute Gasteiger partial charge is 0.306 e. The van der Waals surface area contributed by atoms with Crippen LogP contribution in [0.15, 0.2) is 18.2 Å². The molecule has 0 atom stereocenters. The van der Waals surface area contributed by atoms with E-state index in [-0.39, 0.29) is 11.8 Å². The molecular weight excluding hydrogens is 268 g/mol. The van der Waals surface area contributed by atoms with Gasteiger partial charge in [-0.2, -0.15) is 0 Å². The highest BCUT2D eigenvalue weighted by Gasteiger charge is 2.26. The number of anilines is 2.